The average Bonchev–Trinajstić information content (AvgIpc) is 3.46. The molecule has 0 radical (unpaired) electrons. The summed E-state index contributed by atoms with van der Waals surface area (Å²) < 4.78 is 5.49. The third kappa shape index (κ3) is 3.71. The zero-order valence-corrected chi connectivity index (χ0v) is 15.8. The predicted octanol–water partition coefficient (Wildman–Crippen LogP) is 4.03. The van der Waals surface area contributed by atoms with Gasteiger partial charge in [-0.1, -0.05) is 41.6 Å². The first-order chi connectivity index (χ1) is 13.8. The lowest BCUT2D eigenvalue weighted by Gasteiger charge is -2.09. The van der Waals surface area contributed by atoms with E-state index in [1.807, 2.05) is 18.2 Å². The minimum atomic E-state index is 0.596. The summed E-state index contributed by atoms with van der Waals surface area (Å²) >= 11 is 0. The summed E-state index contributed by atoms with van der Waals surface area (Å²) in [5.74, 6) is 1.40. The number of rotatable bonds is 6. The lowest BCUT2D eigenvalue weighted by molar-refractivity contribution is 0.380. The second-order valence-corrected chi connectivity index (χ2v) is 7.63. The van der Waals surface area contributed by atoms with Gasteiger partial charge in [-0.05, 0) is 54.6 Å². The Hall–Kier alpha value is -2.92. The molecule has 0 amide bonds. The standard InChI is InChI=1S/C23H24N4O/c1-2-5-16(6-3-1)12-22-26-23(28-27-22)13-17-8-9-21-20(11-17)18(15-25-21)14-19-7-4-10-24-19/h1-3,5-6,8-9,11,15,19,24-25H,4,7,10,12-14H2/t19-/m1/s1. The van der Waals surface area contributed by atoms with E-state index in [0.29, 0.717) is 24.8 Å². The number of fused-ring (bicyclic) bond motifs is 1. The van der Waals surface area contributed by atoms with Crippen LogP contribution in [0.15, 0.2) is 59.3 Å². The summed E-state index contributed by atoms with van der Waals surface area (Å²) in [5.41, 5.74) is 4.95. The fraction of sp³-hybridized carbons (Fsp3) is 0.304. The van der Waals surface area contributed by atoms with E-state index in [2.05, 4.69) is 57.0 Å². The monoisotopic (exact) mass is 372 g/mol. The molecule has 0 aliphatic carbocycles. The summed E-state index contributed by atoms with van der Waals surface area (Å²) in [7, 11) is 0. The highest BCUT2D eigenvalue weighted by molar-refractivity contribution is 5.84. The molecule has 0 bridgehead atoms. The average molecular weight is 372 g/mol. The molecule has 5 heteroatoms. The van der Waals surface area contributed by atoms with E-state index >= 15 is 0 Å². The molecule has 2 aromatic carbocycles. The molecule has 5 nitrogen and oxygen atoms in total. The molecule has 3 heterocycles. The van der Waals surface area contributed by atoms with Gasteiger partial charge in [-0.15, -0.1) is 0 Å². The molecule has 2 N–H and O–H groups in total. The number of aromatic nitrogens is 3. The normalized spacial score (nSPS) is 16.8. The Morgan fingerprint density at radius 2 is 1.96 bits per heavy atom. The highest BCUT2D eigenvalue weighted by Crippen LogP contribution is 2.24. The van der Waals surface area contributed by atoms with Crippen LogP contribution in [0.5, 0.6) is 0 Å². The Kier molecular flexibility index (Phi) is 4.67. The highest BCUT2D eigenvalue weighted by atomic mass is 16.5. The first-order valence-corrected chi connectivity index (χ1v) is 10.0. The lowest BCUT2D eigenvalue weighted by Crippen LogP contribution is -2.23. The zero-order chi connectivity index (χ0) is 18.8. The van der Waals surface area contributed by atoms with Gasteiger partial charge < -0.3 is 14.8 Å². The molecule has 0 saturated carbocycles. The molecule has 0 spiro atoms. The lowest BCUT2D eigenvalue weighted by atomic mass is 10.0. The van der Waals surface area contributed by atoms with E-state index in [-0.39, 0.29) is 0 Å². The first-order valence-electron chi connectivity index (χ1n) is 10.0. The molecule has 1 aliphatic rings. The van der Waals surface area contributed by atoms with Crippen LogP contribution >= 0.6 is 0 Å². The van der Waals surface area contributed by atoms with Crippen molar-refractivity contribution in [2.45, 2.75) is 38.1 Å². The second kappa shape index (κ2) is 7.60. The molecule has 1 aliphatic heterocycles. The molecule has 142 valence electrons. The SMILES string of the molecule is c1ccc(Cc2noc(Cc3ccc4[nH]cc(C[C@H]5CCCN5)c4c3)n2)cc1. The molecule has 4 aromatic rings. The van der Waals surface area contributed by atoms with Gasteiger partial charge in [0.15, 0.2) is 5.82 Å². The maximum absolute atomic E-state index is 5.49. The van der Waals surface area contributed by atoms with Crippen LogP contribution in [0.3, 0.4) is 0 Å². The molecule has 28 heavy (non-hydrogen) atoms. The highest BCUT2D eigenvalue weighted by Gasteiger charge is 2.17. The Balaban J connectivity index is 1.32. The van der Waals surface area contributed by atoms with Crippen LogP contribution in [0, 0.1) is 0 Å². The summed E-state index contributed by atoms with van der Waals surface area (Å²) in [6, 6.07) is 17.4. The number of hydrogen-bond donors (Lipinski definition) is 2. The van der Waals surface area contributed by atoms with Gasteiger partial charge in [0.2, 0.25) is 5.89 Å². The van der Waals surface area contributed by atoms with Gasteiger partial charge in [-0.25, -0.2) is 0 Å². The van der Waals surface area contributed by atoms with E-state index < -0.39 is 0 Å². The molecule has 0 unspecified atom stereocenters. The van der Waals surface area contributed by atoms with Crippen LogP contribution in [0.1, 0.15) is 41.2 Å². The topological polar surface area (TPSA) is 66.7 Å². The first kappa shape index (κ1) is 17.2. The second-order valence-electron chi connectivity index (χ2n) is 7.63. The van der Waals surface area contributed by atoms with Crippen LogP contribution in [0.25, 0.3) is 10.9 Å². The Morgan fingerprint density at radius 1 is 1.04 bits per heavy atom. The van der Waals surface area contributed by atoms with Crippen molar-refractivity contribution in [3.63, 3.8) is 0 Å². The number of benzene rings is 2. The van der Waals surface area contributed by atoms with Crippen molar-refractivity contribution in [3.8, 4) is 0 Å². The van der Waals surface area contributed by atoms with E-state index in [1.165, 1.54) is 40.4 Å². The number of hydrogen-bond acceptors (Lipinski definition) is 4. The van der Waals surface area contributed by atoms with Crippen molar-refractivity contribution in [2.75, 3.05) is 6.54 Å². The van der Waals surface area contributed by atoms with Crippen molar-refractivity contribution in [1.29, 1.82) is 0 Å². The van der Waals surface area contributed by atoms with Gasteiger partial charge in [-0.2, -0.15) is 4.98 Å². The largest absolute Gasteiger partial charge is 0.361 e. The molecular formula is C23H24N4O. The molecular weight excluding hydrogens is 348 g/mol. The van der Waals surface area contributed by atoms with Crippen molar-refractivity contribution in [1.82, 2.24) is 20.4 Å². The fourth-order valence-corrected chi connectivity index (χ4v) is 4.09. The van der Waals surface area contributed by atoms with Gasteiger partial charge in [-0.3, -0.25) is 0 Å². The maximum Gasteiger partial charge on any atom is 0.231 e. The van der Waals surface area contributed by atoms with Gasteiger partial charge in [0.1, 0.15) is 0 Å². The number of nitrogens with zero attached hydrogens (tertiary/aromatic N) is 2. The Bertz CT molecular complexity index is 1060. The Morgan fingerprint density at radius 3 is 2.82 bits per heavy atom. The van der Waals surface area contributed by atoms with E-state index in [1.54, 1.807) is 0 Å². The van der Waals surface area contributed by atoms with Crippen LogP contribution in [-0.2, 0) is 19.3 Å². The summed E-state index contributed by atoms with van der Waals surface area (Å²) in [6.07, 6.45) is 7.12. The van der Waals surface area contributed by atoms with Gasteiger partial charge in [0.25, 0.3) is 0 Å². The van der Waals surface area contributed by atoms with Gasteiger partial charge in [0.05, 0.1) is 6.42 Å². The van der Waals surface area contributed by atoms with Gasteiger partial charge >= 0.3 is 0 Å². The summed E-state index contributed by atoms with van der Waals surface area (Å²) in [6.45, 7) is 1.14. The van der Waals surface area contributed by atoms with Crippen molar-refractivity contribution < 1.29 is 4.52 Å². The van der Waals surface area contributed by atoms with Crippen molar-refractivity contribution >= 4 is 10.9 Å². The van der Waals surface area contributed by atoms with Crippen LogP contribution in [0.4, 0.5) is 0 Å². The number of H-pyrrole nitrogens is 1. The molecule has 2 aromatic heterocycles. The van der Waals surface area contributed by atoms with E-state index in [4.69, 9.17) is 4.52 Å². The van der Waals surface area contributed by atoms with Crippen molar-refractivity contribution in [3.05, 3.63) is 83.1 Å². The molecule has 1 saturated heterocycles. The van der Waals surface area contributed by atoms with E-state index in [9.17, 15) is 0 Å². The van der Waals surface area contributed by atoms with E-state index in [0.717, 1.165) is 18.8 Å². The number of aromatic amines is 1. The zero-order valence-electron chi connectivity index (χ0n) is 15.8. The van der Waals surface area contributed by atoms with Crippen molar-refractivity contribution in [2.24, 2.45) is 0 Å². The van der Waals surface area contributed by atoms with Gasteiger partial charge in [0, 0.05) is 29.6 Å². The summed E-state index contributed by atoms with van der Waals surface area (Å²) in [4.78, 5) is 7.98. The van der Waals surface area contributed by atoms with Crippen LogP contribution < -0.4 is 5.32 Å². The minimum absolute atomic E-state index is 0.596. The predicted molar refractivity (Wildman–Crippen MR) is 109 cm³/mol. The van der Waals surface area contributed by atoms with Crippen LogP contribution in [-0.4, -0.2) is 27.7 Å². The quantitative estimate of drug-likeness (QED) is 0.536. The molecule has 5 rings (SSSR count). The third-order valence-electron chi connectivity index (χ3n) is 5.53. The third-order valence-corrected chi connectivity index (χ3v) is 5.53. The summed E-state index contributed by atoms with van der Waals surface area (Å²) in [5, 5.41) is 9.04. The van der Waals surface area contributed by atoms with Crippen LogP contribution in [0.2, 0.25) is 0 Å². The fourth-order valence-electron chi connectivity index (χ4n) is 4.09. The minimum Gasteiger partial charge on any atom is -0.361 e. The Labute approximate surface area is 164 Å². The number of nitrogens with one attached hydrogen (secondary N) is 2. The molecule has 1 atom stereocenters. The smallest absolute Gasteiger partial charge is 0.231 e. The maximum atomic E-state index is 5.49. The molecule has 1 fully saturated rings.